The van der Waals surface area contributed by atoms with Gasteiger partial charge in [0.25, 0.3) is 0 Å². The molecule has 2 N–H and O–H groups in total. The fraction of sp³-hybridized carbons (Fsp3) is 0.314. The molecule has 0 spiro atoms. The van der Waals surface area contributed by atoms with Crippen LogP contribution < -0.4 is 4.74 Å². The summed E-state index contributed by atoms with van der Waals surface area (Å²) in [4.78, 5) is 16.6. The van der Waals surface area contributed by atoms with Gasteiger partial charge in [0.05, 0.1) is 24.4 Å². The molecular weight excluding hydrogens is 526 g/mol. The van der Waals surface area contributed by atoms with Gasteiger partial charge in [0, 0.05) is 41.2 Å². The highest BCUT2D eigenvalue weighted by molar-refractivity contribution is 6.04. The lowest BCUT2D eigenvalue weighted by atomic mass is 9.98. The van der Waals surface area contributed by atoms with Gasteiger partial charge in [0.1, 0.15) is 11.4 Å². The standard InChI is InChI=1S/C35H39N3O4/c1-4-41-35(40)34-28(19-13-23-42-31-21-11-15-25-14-8-9-16-26(25)31)27-17-12-18-29(33(27)36-34)32-24(2)38(3)37-30(32)20-7-5-6-10-22-39/h7-9,11-12,14-18,20-21,36,39H,4-6,10,13,19,22-23H2,1-3H3/b20-7+. The lowest BCUT2D eigenvalue weighted by molar-refractivity contribution is 0.0519. The predicted octanol–water partition coefficient (Wildman–Crippen LogP) is 7.39. The normalized spacial score (nSPS) is 11.6. The van der Waals surface area contributed by atoms with Crippen LogP contribution in [0.4, 0.5) is 0 Å². The van der Waals surface area contributed by atoms with Gasteiger partial charge in [-0.1, -0.05) is 60.7 Å². The summed E-state index contributed by atoms with van der Waals surface area (Å²) in [6.07, 6.45) is 8.15. The number of hydrogen-bond donors (Lipinski definition) is 2. The van der Waals surface area contributed by atoms with Crippen molar-refractivity contribution in [3.8, 4) is 16.9 Å². The van der Waals surface area contributed by atoms with E-state index in [0.29, 0.717) is 25.3 Å². The Morgan fingerprint density at radius 2 is 1.81 bits per heavy atom. The number of allylic oxidation sites excluding steroid dienone is 1. The zero-order valence-corrected chi connectivity index (χ0v) is 24.7. The number of ether oxygens (including phenoxy) is 2. The van der Waals surface area contributed by atoms with Crippen molar-refractivity contribution in [2.75, 3.05) is 19.8 Å². The van der Waals surface area contributed by atoms with E-state index in [1.165, 1.54) is 0 Å². The van der Waals surface area contributed by atoms with Gasteiger partial charge >= 0.3 is 5.97 Å². The number of aliphatic hydroxyl groups excluding tert-OH is 1. The second-order valence-electron chi connectivity index (χ2n) is 10.4. The minimum Gasteiger partial charge on any atom is -0.493 e. The SMILES string of the molecule is CCOC(=O)c1[nH]c2c(-c3c(/C=C/CCCCO)nn(C)c3C)cccc2c1CCCOc1cccc2ccccc12. The number of aromatic amines is 1. The largest absolute Gasteiger partial charge is 0.493 e. The molecule has 0 atom stereocenters. The van der Waals surface area contributed by atoms with E-state index in [4.69, 9.17) is 19.7 Å². The van der Waals surface area contributed by atoms with Crippen molar-refractivity contribution in [3.05, 3.63) is 89.4 Å². The maximum absolute atomic E-state index is 13.1. The van der Waals surface area contributed by atoms with Crippen molar-refractivity contribution in [2.24, 2.45) is 7.05 Å². The van der Waals surface area contributed by atoms with Gasteiger partial charge in [-0.25, -0.2) is 4.79 Å². The molecule has 5 rings (SSSR count). The van der Waals surface area contributed by atoms with Crippen LogP contribution in [-0.2, 0) is 18.2 Å². The van der Waals surface area contributed by atoms with Crippen molar-refractivity contribution >= 4 is 33.7 Å². The number of nitrogens with one attached hydrogen (secondary N) is 1. The number of aromatic nitrogens is 3. The molecule has 0 amide bonds. The molecule has 3 aromatic carbocycles. The molecule has 0 aliphatic heterocycles. The van der Waals surface area contributed by atoms with E-state index in [0.717, 1.165) is 81.2 Å². The Kier molecular flexibility index (Phi) is 9.39. The van der Waals surface area contributed by atoms with Gasteiger partial charge in [0.15, 0.2) is 0 Å². The predicted molar refractivity (Wildman–Crippen MR) is 169 cm³/mol. The van der Waals surface area contributed by atoms with Crippen molar-refractivity contribution in [2.45, 2.75) is 46.0 Å². The average Bonchev–Trinajstić information content (AvgIpc) is 3.51. The monoisotopic (exact) mass is 565 g/mol. The minimum atomic E-state index is -0.350. The Morgan fingerprint density at radius 3 is 2.64 bits per heavy atom. The summed E-state index contributed by atoms with van der Waals surface area (Å²) in [6, 6.07) is 20.5. The number of esters is 1. The van der Waals surface area contributed by atoms with Gasteiger partial charge in [-0.2, -0.15) is 5.10 Å². The lowest BCUT2D eigenvalue weighted by Crippen LogP contribution is -2.09. The van der Waals surface area contributed by atoms with Crippen LogP contribution in [0.2, 0.25) is 0 Å². The third-order valence-electron chi connectivity index (χ3n) is 7.68. The molecule has 218 valence electrons. The van der Waals surface area contributed by atoms with Crippen LogP contribution in [0, 0.1) is 6.92 Å². The molecule has 0 bridgehead atoms. The lowest BCUT2D eigenvalue weighted by Gasteiger charge is -2.10. The molecule has 42 heavy (non-hydrogen) atoms. The Morgan fingerprint density at radius 1 is 1.02 bits per heavy atom. The van der Waals surface area contributed by atoms with Gasteiger partial charge < -0.3 is 19.6 Å². The minimum absolute atomic E-state index is 0.205. The first kappa shape index (κ1) is 29.1. The second kappa shape index (κ2) is 13.5. The molecule has 0 aliphatic carbocycles. The first-order valence-electron chi connectivity index (χ1n) is 14.8. The molecule has 7 nitrogen and oxygen atoms in total. The average molecular weight is 566 g/mol. The number of aryl methyl sites for hydroxylation is 2. The number of para-hydroxylation sites is 1. The highest BCUT2D eigenvalue weighted by Gasteiger charge is 2.23. The quantitative estimate of drug-likeness (QED) is 0.115. The highest BCUT2D eigenvalue weighted by Crippen LogP contribution is 2.36. The van der Waals surface area contributed by atoms with E-state index < -0.39 is 0 Å². The Labute approximate surface area is 246 Å². The van der Waals surface area contributed by atoms with Crippen molar-refractivity contribution in [3.63, 3.8) is 0 Å². The van der Waals surface area contributed by atoms with Crippen molar-refractivity contribution in [1.82, 2.24) is 14.8 Å². The highest BCUT2D eigenvalue weighted by atomic mass is 16.5. The van der Waals surface area contributed by atoms with E-state index in [1.54, 1.807) is 0 Å². The fourth-order valence-electron chi connectivity index (χ4n) is 5.52. The number of carbonyl (C=O) groups is 1. The fourth-order valence-corrected chi connectivity index (χ4v) is 5.52. The smallest absolute Gasteiger partial charge is 0.355 e. The molecule has 0 saturated carbocycles. The Bertz CT molecular complexity index is 1710. The topological polar surface area (TPSA) is 89.4 Å². The van der Waals surface area contributed by atoms with Gasteiger partial charge in [-0.3, -0.25) is 4.68 Å². The first-order chi connectivity index (χ1) is 20.5. The summed E-state index contributed by atoms with van der Waals surface area (Å²) in [5.41, 5.74) is 6.28. The zero-order chi connectivity index (χ0) is 29.5. The molecule has 0 unspecified atom stereocenters. The van der Waals surface area contributed by atoms with E-state index in [2.05, 4.69) is 54.4 Å². The number of H-pyrrole nitrogens is 1. The summed E-state index contributed by atoms with van der Waals surface area (Å²) in [5, 5.41) is 17.1. The summed E-state index contributed by atoms with van der Waals surface area (Å²) >= 11 is 0. The van der Waals surface area contributed by atoms with Gasteiger partial charge in [-0.15, -0.1) is 0 Å². The first-order valence-corrected chi connectivity index (χ1v) is 14.8. The summed E-state index contributed by atoms with van der Waals surface area (Å²) in [6.45, 7) is 4.91. The van der Waals surface area contributed by atoms with Crippen LogP contribution in [0.25, 0.3) is 38.9 Å². The van der Waals surface area contributed by atoms with Crippen molar-refractivity contribution in [1.29, 1.82) is 0 Å². The van der Waals surface area contributed by atoms with Gasteiger partial charge in [0.2, 0.25) is 0 Å². The number of fused-ring (bicyclic) bond motifs is 2. The maximum atomic E-state index is 13.1. The third-order valence-corrected chi connectivity index (χ3v) is 7.68. The van der Waals surface area contributed by atoms with Gasteiger partial charge in [-0.05, 0) is 69.0 Å². The second-order valence-corrected chi connectivity index (χ2v) is 10.4. The van der Waals surface area contributed by atoms with E-state index in [-0.39, 0.29) is 12.6 Å². The molecule has 0 aliphatic rings. The number of carbonyl (C=O) groups excluding carboxylic acids is 1. The summed E-state index contributed by atoms with van der Waals surface area (Å²) < 4.78 is 13.6. The number of rotatable bonds is 13. The van der Waals surface area contributed by atoms with Crippen LogP contribution >= 0.6 is 0 Å². The molecule has 2 heterocycles. The molecule has 2 aromatic heterocycles. The van der Waals surface area contributed by atoms with Crippen LogP contribution in [0.15, 0.2) is 66.7 Å². The number of aliphatic hydroxyl groups is 1. The van der Waals surface area contributed by atoms with E-state index in [9.17, 15) is 4.79 Å². The molecule has 5 aromatic rings. The number of benzene rings is 3. The van der Waals surface area contributed by atoms with Crippen LogP contribution in [-0.4, -0.2) is 45.7 Å². The van der Waals surface area contributed by atoms with Crippen LogP contribution in [0.1, 0.15) is 60.0 Å². The van der Waals surface area contributed by atoms with Crippen molar-refractivity contribution < 1.29 is 19.4 Å². The molecule has 0 fully saturated rings. The molecule has 0 saturated heterocycles. The third kappa shape index (κ3) is 6.11. The summed E-state index contributed by atoms with van der Waals surface area (Å²) in [7, 11) is 1.95. The number of unbranched alkanes of at least 4 members (excludes halogenated alkanes) is 2. The Balaban J connectivity index is 1.45. The molecule has 7 heteroatoms. The Hall–Kier alpha value is -4.36. The zero-order valence-electron chi connectivity index (χ0n) is 24.7. The maximum Gasteiger partial charge on any atom is 0.355 e. The van der Waals surface area contributed by atoms with E-state index in [1.807, 2.05) is 49.0 Å². The van der Waals surface area contributed by atoms with E-state index >= 15 is 0 Å². The van der Waals surface area contributed by atoms with Crippen LogP contribution in [0.3, 0.4) is 0 Å². The number of hydrogen-bond acceptors (Lipinski definition) is 5. The summed E-state index contributed by atoms with van der Waals surface area (Å²) in [5.74, 6) is 0.514. The molecular formula is C35H39N3O4. The van der Waals surface area contributed by atoms with Crippen LogP contribution in [0.5, 0.6) is 5.75 Å². The molecule has 0 radical (unpaired) electrons. The number of nitrogens with zero attached hydrogens (tertiary/aromatic N) is 2.